The third-order valence-electron chi connectivity index (χ3n) is 3.18. The molecule has 2 N–H and O–H groups in total. The van der Waals surface area contributed by atoms with Gasteiger partial charge in [0.15, 0.2) is 11.6 Å². The fourth-order valence-electron chi connectivity index (χ4n) is 2.19. The van der Waals surface area contributed by atoms with Crippen molar-refractivity contribution in [2.24, 2.45) is 0 Å². The summed E-state index contributed by atoms with van der Waals surface area (Å²) in [5.74, 6) is -0.262. The third-order valence-corrected chi connectivity index (χ3v) is 3.18. The lowest BCUT2D eigenvalue weighted by atomic mass is 9.86. The predicted octanol–water partition coefficient (Wildman–Crippen LogP) is 2.73. The molecule has 2 aromatic rings. The van der Waals surface area contributed by atoms with Crippen LogP contribution in [0.15, 0.2) is 54.6 Å². The van der Waals surface area contributed by atoms with E-state index in [0.29, 0.717) is 28.0 Å². The van der Waals surface area contributed by atoms with Gasteiger partial charge in [-0.3, -0.25) is 9.59 Å². The van der Waals surface area contributed by atoms with Crippen molar-refractivity contribution in [3.05, 3.63) is 71.3 Å². The van der Waals surface area contributed by atoms with Crippen LogP contribution in [0.5, 0.6) is 0 Å². The number of ketones is 2. The molecule has 0 bridgehead atoms. The number of nitrogen functional groups attached to an aromatic ring is 1. The first-order valence-electron chi connectivity index (χ1n) is 5.92. The molecule has 3 heteroatoms. The number of rotatable bonds is 1. The van der Waals surface area contributed by atoms with Crippen molar-refractivity contribution >= 4 is 22.8 Å². The second-order valence-corrected chi connectivity index (χ2v) is 4.42. The Bertz CT molecular complexity index is 712. The summed E-state index contributed by atoms with van der Waals surface area (Å²) in [6.07, 6.45) is 1.40. The maximum Gasteiger partial charge on any atom is 0.194 e. The Balaban J connectivity index is 2.13. The van der Waals surface area contributed by atoms with E-state index < -0.39 is 0 Å². The summed E-state index contributed by atoms with van der Waals surface area (Å²) in [6.45, 7) is 0. The molecule has 3 rings (SSSR count). The number of carbonyl (C=O) groups is 2. The first-order valence-corrected chi connectivity index (χ1v) is 5.92. The minimum absolute atomic E-state index is 0.125. The highest BCUT2D eigenvalue weighted by atomic mass is 16.1. The van der Waals surface area contributed by atoms with Crippen LogP contribution in [0.1, 0.15) is 26.3 Å². The van der Waals surface area contributed by atoms with E-state index in [1.165, 1.54) is 6.08 Å². The van der Waals surface area contributed by atoms with Crippen molar-refractivity contribution in [2.45, 2.75) is 0 Å². The second-order valence-electron chi connectivity index (χ2n) is 4.42. The van der Waals surface area contributed by atoms with Crippen LogP contribution in [0, 0.1) is 0 Å². The van der Waals surface area contributed by atoms with Crippen LogP contribution in [-0.2, 0) is 0 Å². The first kappa shape index (κ1) is 11.4. The summed E-state index contributed by atoms with van der Waals surface area (Å²) in [7, 11) is 0. The van der Waals surface area contributed by atoms with Crippen molar-refractivity contribution in [1.29, 1.82) is 0 Å². The van der Waals surface area contributed by atoms with E-state index in [4.69, 9.17) is 5.73 Å². The number of fused-ring (bicyclic) bond motifs is 1. The lowest BCUT2D eigenvalue weighted by molar-refractivity contribution is 0.100. The molecule has 0 unspecified atom stereocenters. The molecular formula is C16H11NO2. The highest BCUT2D eigenvalue weighted by Gasteiger charge is 2.25. The SMILES string of the molecule is Nc1ccc(C2=CC(=O)c3ccccc3C2=O)cc1. The molecule has 0 aliphatic heterocycles. The highest BCUT2D eigenvalue weighted by Crippen LogP contribution is 2.27. The van der Waals surface area contributed by atoms with Crippen molar-refractivity contribution in [3.63, 3.8) is 0 Å². The second kappa shape index (κ2) is 4.21. The molecule has 2 aromatic carbocycles. The average molecular weight is 249 g/mol. The minimum atomic E-state index is -0.137. The quantitative estimate of drug-likeness (QED) is 0.790. The molecule has 0 atom stereocenters. The molecule has 1 aliphatic carbocycles. The summed E-state index contributed by atoms with van der Waals surface area (Å²) in [5, 5.41) is 0. The maximum atomic E-state index is 12.4. The molecule has 0 heterocycles. The van der Waals surface area contributed by atoms with Crippen molar-refractivity contribution in [2.75, 3.05) is 5.73 Å². The normalized spacial score (nSPS) is 14.0. The number of allylic oxidation sites excluding steroid dienone is 2. The molecule has 0 saturated carbocycles. The van der Waals surface area contributed by atoms with Gasteiger partial charge in [0.2, 0.25) is 0 Å². The van der Waals surface area contributed by atoms with Gasteiger partial charge in [0.05, 0.1) is 0 Å². The van der Waals surface area contributed by atoms with Gasteiger partial charge in [0, 0.05) is 22.4 Å². The fraction of sp³-hybridized carbons (Fsp3) is 0. The number of benzene rings is 2. The lowest BCUT2D eigenvalue weighted by Gasteiger charge is -2.15. The first-order chi connectivity index (χ1) is 9.16. The average Bonchev–Trinajstić information content (AvgIpc) is 2.44. The zero-order valence-corrected chi connectivity index (χ0v) is 10.1. The van der Waals surface area contributed by atoms with Gasteiger partial charge in [-0.2, -0.15) is 0 Å². The van der Waals surface area contributed by atoms with E-state index >= 15 is 0 Å². The van der Waals surface area contributed by atoms with E-state index in [1.54, 1.807) is 48.5 Å². The van der Waals surface area contributed by atoms with Gasteiger partial charge in [0.25, 0.3) is 0 Å². The molecule has 0 spiro atoms. The van der Waals surface area contributed by atoms with Gasteiger partial charge in [-0.15, -0.1) is 0 Å². The van der Waals surface area contributed by atoms with Crippen molar-refractivity contribution < 1.29 is 9.59 Å². The maximum absolute atomic E-state index is 12.4. The molecule has 0 fully saturated rings. The Kier molecular flexibility index (Phi) is 2.53. The van der Waals surface area contributed by atoms with Crippen LogP contribution in [0.4, 0.5) is 5.69 Å². The van der Waals surface area contributed by atoms with E-state index in [1.807, 2.05) is 0 Å². The van der Waals surface area contributed by atoms with Gasteiger partial charge in [-0.05, 0) is 23.8 Å². The lowest BCUT2D eigenvalue weighted by Crippen LogP contribution is -2.15. The van der Waals surface area contributed by atoms with Crippen LogP contribution in [-0.4, -0.2) is 11.6 Å². The van der Waals surface area contributed by atoms with Gasteiger partial charge in [0.1, 0.15) is 0 Å². The van der Waals surface area contributed by atoms with Crippen LogP contribution in [0.2, 0.25) is 0 Å². The van der Waals surface area contributed by atoms with Gasteiger partial charge in [-0.25, -0.2) is 0 Å². The number of hydrogen-bond acceptors (Lipinski definition) is 3. The molecule has 0 amide bonds. The van der Waals surface area contributed by atoms with Crippen LogP contribution in [0.3, 0.4) is 0 Å². The van der Waals surface area contributed by atoms with E-state index in [-0.39, 0.29) is 11.6 Å². The number of carbonyl (C=O) groups excluding carboxylic acids is 2. The minimum Gasteiger partial charge on any atom is -0.399 e. The van der Waals surface area contributed by atoms with Crippen LogP contribution < -0.4 is 5.73 Å². The zero-order valence-electron chi connectivity index (χ0n) is 10.1. The Hall–Kier alpha value is -2.68. The van der Waals surface area contributed by atoms with Gasteiger partial charge < -0.3 is 5.73 Å². The monoisotopic (exact) mass is 249 g/mol. The van der Waals surface area contributed by atoms with Crippen molar-refractivity contribution in [3.8, 4) is 0 Å². The number of hydrogen-bond donors (Lipinski definition) is 1. The Morgan fingerprint density at radius 3 is 2.11 bits per heavy atom. The number of anilines is 1. The summed E-state index contributed by atoms with van der Waals surface area (Å²) in [4.78, 5) is 24.4. The molecule has 1 aliphatic rings. The molecule has 0 aromatic heterocycles. The molecular weight excluding hydrogens is 238 g/mol. The van der Waals surface area contributed by atoms with E-state index in [2.05, 4.69) is 0 Å². The summed E-state index contributed by atoms with van der Waals surface area (Å²) >= 11 is 0. The Morgan fingerprint density at radius 2 is 1.42 bits per heavy atom. The molecule has 19 heavy (non-hydrogen) atoms. The van der Waals surface area contributed by atoms with Gasteiger partial charge in [-0.1, -0.05) is 36.4 Å². The summed E-state index contributed by atoms with van der Waals surface area (Å²) in [6, 6.07) is 13.8. The summed E-state index contributed by atoms with van der Waals surface area (Å²) < 4.78 is 0. The zero-order chi connectivity index (χ0) is 13.4. The Labute approximate surface area is 110 Å². The smallest absolute Gasteiger partial charge is 0.194 e. The Morgan fingerprint density at radius 1 is 0.789 bits per heavy atom. The van der Waals surface area contributed by atoms with Crippen molar-refractivity contribution in [1.82, 2.24) is 0 Å². The van der Waals surface area contributed by atoms with Crippen LogP contribution in [0.25, 0.3) is 5.57 Å². The molecule has 3 nitrogen and oxygen atoms in total. The fourth-order valence-corrected chi connectivity index (χ4v) is 2.19. The van der Waals surface area contributed by atoms with Crippen LogP contribution >= 0.6 is 0 Å². The predicted molar refractivity (Wildman–Crippen MR) is 73.9 cm³/mol. The van der Waals surface area contributed by atoms with E-state index in [0.717, 1.165) is 0 Å². The highest BCUT2D eigenvalue weighted by molar-refractivity contribution is 6.38. The topological polar surface area (TPSA) is 60.2 Å². The number of Topliss-reactive ketones (excluding diaryl/α,β-unsaturated/α-hetero) is 1. The largest absolute Gasteiger partial charge is 0.399 e. The molecule has 0 radical (unpaired) electrons. The summed E-state index contributed by atoms with van der Waals surface area (Å²) in [5.41, 5.74) is 8.30. The van der Waals surface area contributed by atoms with Gasteiger partial charge >= 0.3 is 0 Å². The standard InChI is InChI=1S/C16H11NO2/c17-11-7-5-10(6-8-11)14-9-15(18)12-3-1-2-4-13(12)16(14)19/h1-9H,17H2. The molecule has 92 valence electrons. The van der Waals surface area contributed by atoms with E-state index in [9.17, 15) is 9.59 Å². The third kappa shape index (κ3) is 1.85. The number of nitrogens with two attached hydrogens (primary N) is 1. The molecule has 0 saturated heterocycles.